The molecule has 2 rings (SSSR count). The van der Waals surface area contributed by atoms with Crippen LogP contribution >= 0.6 is 0 Å². The third kappa shape index (κ3) is 6.90. The highest BCUT2D eigenvalue weighted by molar-refractivity contribution is 6.12. The largest absolute Gasteiger partial charge is 0.377 e. The number of nitrogens with two attached hydrogens (primary N) is 2. The summed E-state index contributed by atoms with van der Waals surface area (Å²) in [6, 6.07) is 16.2. The van der Waals surface area contributed by atoms with Gasteiger partial charge in [-0.15, -0.1) is 0 Å². The molecular weight excluding hydrogens is 294 g/mol. The lowest BCUT2D eigenvalue weighted by molar-refractivity contribution is -0.0980. The predicted octanol–water partition coefficient (Wildman–Crippen LogP) is 1.82. The summed E-state index contributed by atoms with van der Waals surface area (Å²) in [6.45, 7) is 2.00. The zero-order chi connectivity index (χ0) is 17.8. The van der Waals surface area contributed by atoms with E-state index in [1.165, 1.54) is 0 Å². The summed E-state index contributed by atoms with van der Waals surface area (Å²) in [5.41, 5.74) is 10.9. The summed E-state index contributed by atoms with van der Waals surface area (Å²) >= 11 is 0. The molecule has 0 spiro atoms. The second-order valence-corrected chi connectivity index (χ2v) is 4.51. The SMILES string of the molecule is C=O.CN(C)c1ccccc1C(=O)c1ccccc1.NC(N)=O. The zero-order valence-corrected chi connectivity index (χ0v) is 13.2. The van der Waals surface area contributed by atoms with Gasteiger partial charge in [-0.05, 0) is 12.1 Å². The van der Waals surface area contributed by atoms with E-state index in [-0.39, 0.29) is 5.78 Å². The number of hydrogen-bond acceptors (Lipinski definition) is 4. The maximum Gasteiger partial charge on any atom is 0.309 e. The first-order valence-electron chi connectivity index (χ1n) is 6.63. The molecule has 0 saturated carbocycles. The molecule has 0 aliphatic carbocycles. The lowest BCUT2D eigenvalue weighted by Gasteiger charge is -2.16. The molecule has 2 amide bonds. The maximum absolute atomic E-state index is 12.3. The van der Waals surface area contributed by atoms with Gasteiger partial charge in [-0.3, -0.25) is 4.79 Å². The van der Waals surface area contributed by atoms with Gasteiger partial charge in [0.05, 0.1) is 0 Å². The van der Waals surface area contributed by atoms with Gasteiger partial charge in [0.15, 0.2) is 5.78 Å². The molecule has 122 valence electrons. The Bertz CT molecular complexity index is 624. The molecule has 6 nitrogen and oxygen atoms in total. The Labute approximate surface area is 135 Å². The van der Waals surface area contributed by atoms with E-state index in [1.807, 2.05) is 80.4 Å². The van der Waals surface area contributed by atoms with Gasteiger partial charge in [0.1, 0.15) is 6.79 Å². The quantitative estimate of drug-likeness (QED) is 0.842. The number of para-hydroxylation sites is 1. The number of carbonyl (C=O) groups excluding carboxylic acids is 3. The van der Waals surface area contributed by atoms with Crippen LogP contribution in [-0.2, 0) is 4.79 Å². The molecule has 0 saturated heterocycles. The highest BCUT2D eigenvalue weighted by atomic mass is 16.2. The van der Waals surface area contributed by atoms with E-state index in [4.69, 9.17) is 9.59 Å². The minimum atomic E-state index is -0.833. The topological polar surface area (TPSA) is 106 Å². The van der Waals surface area contributed by atoms with Crippen LogP contribution in [0.15, 0.2) is 54.6 Å². The van der Waals surface area contributed by atoms with Gasteiger partial charge in [0.25, 0.3) is 0 Å². The number of hydrogen-bond donors (Lipinski definition) is 2. The molecule has 4 N–H and O–H groups in total. The molecule has 6 heteroatoms. The van der Waals surface area contributed by atoms with E-state index >= 15 is 0 Å². The second-order valence-electron chi connectivity index (χ2n) is 4.51. The molecule has 2 aromatic rings. The van der Waals surface area contributed by atoms with Crippen molar-refractivity contribution in [3.05, 3.63) is 65.7 Å². The Morgan fingerprint density at radius 1 is 0.870 bits per heavy atom. The van der Waals surface area contributed by atoms with Crippen LogP contribution in [0.25, 0.3) is 0 Å². The molecule has 2 aromatic carbocycles. The molecule has 0 unspecified atom stereocenters. The monoisotopic (exact) mass is 315 g/mol. The Morgan fingerprint density at radius 2 is 1.30 bits per heavy atom. The fourth-order valence-corrected chi connectivity index (χ4v) is 1.80. The average Bonchev–Trinajstić information content (AvgIpc) is 2.56. The average molecular weight is 315 g/mol. The smallest absolute Gasteiger partial charge is 0.309 e. The van der Waals surface area contributed by atoms with Crippen LogP contribution in [0.3, 0.4) is 0 Å². The first-order chi connectivity index (χ1) is 10.9. The van der Waals surface area contributed by atoms with Crippen LogP contribution in [0.4, 0.5) is 10.5 Å². The van der Waals surface area contributed by atoms with Crippen molar-refractivity contribution in [2.24, 2.45) is 11.5 Å². The van der Waals surface area contributed by atoms with Crippen LogP contribution in [0.1, 0.15) is 15.9 Å². The molecule has 0 fully saturated rings. The van der Waals surface area contributed by atoms with Gasteiger partial charge >= 0.3 is 6.03 Å². The van der Waals surface area contributed by atoms with Crippen molar-refractivity contribution in [1.29, 1.82) is 0 Å². The van der Waals surface area contributed by atoms with Crippen molar-refractivity contribution in [3.63, 3.8) is 0 Å². The Hall–Kier alpha value is -3.15. The third-order valence-corrected chi connectivity index (χ3v) is 2.67. The van der Waals surface area contributed by atoms with Gasteiger partial charge in [0, 0.05) is 30.9 Å². The minimum Gasteiger partial charge on any atom is -0.377 e. The lowest BCUT2D eigenvalue weighted by Crippen LogP contribution is -2.18. The second kappa shape index (κ2) is 10.6. The minimum absolute atomic E-state index is 0.0647. The van der Waals surface area contributed by atoms with Gasteiger partial charge in [-0.1, -0.05) is 42.5 Å². The molecule has 23 heavy (non-hydrogen) atoms. The molecule has 0 heterocycles. The van der Waals surface area contributed by atoms with Gasteiger partial charge in [0.2, 0.25) is 0 Å². The van der Waals surface area contributed by atoms with Gasteiger partial charge in [-0.2, -0.15) is 0 Å². The molecule has 0 aliphatic heterocycles. The summed E-state index contributed by atoms with van der Waals surface area (Å²) in [5, 5.41) is 0. The number of rotatable bonds is 3. The molecule has 0 bridgehead atoms. The number of primary amides is 2. The number of anilines is 1. The number of benzene rings is 2. The molecular formula is C17H21N3O3. The highest BCUT2D eigenvalue weighted by Gasteiger charge is 2.13. The van der Waals surface area contributed by atoms with E-state index in [1.54, 1.807) is 0 Å². The number of ketones is 1. The van der Waals surface area contributed by atoms with E-state index < -0.39 is 6.03 Å². The predicted molar refractivity (Wildman–Crippen MR) is 91.5 cm³/mol. The van der Waals surface area contributed by atoms with Crippen molar-refractivity contribution < 1.29 is 14.4 Å². The first-order valence-corrected chi connectivity index (χ1v) is 6.63. The van der Waals surface area contributed by atoms with Crippen molar-refractivity contribution in [2.75, 3.05) is 19.0 Å². The molecule has 0 atom stereocenters. The van der Waals surface area contributed by atoms with E-state index in [0.29, 0.717) is 0 Å². The fraction of sp³-hybridized carbons (Fsp3) is 0.118. The number of carbonyl (C=O) groups is 3. The summed E-state index contributed by atoms with van der Waals surface area (Å²) in [7, 11) is 3.88. The van der Waals surface area contributed by atoms with E-state index in [0.717, 1.165) is 16.8 Å². The fourth-order valence-electron chi connectivity index (χ4n) is 1.80. The lowest BCUT2D eigenvalue weighted by atomic mass is 10.0. The van der Waals surface area contributed by atoms with Crippen molar-refractivity contribution in [3.8, 4) is 0 Å². The Kier molecular flexibility index (Phi) is 9.11. The molecule has 0 radical (unpaired) electrons. The highest BCUT2D eigenvalue weighted by Crippen LogP contribution is 2.21. The van der Waals surface area contributed by atoms with Gasteiger partial charge < -0.3 is 21.2 Å². The summed E-state index contributed by atoms with van der Waals surface area (Å²) in [6.07, 6.45) is 0. The number of urea groups is 1. The molecule has 0 aliphatic rings. The van der Waals surface area contributed by atoms with Crippen molar-refractivity contribution >= 4 is 24.3 Å². The third-order valence-electron chi connectivity index (χ3n) is 2.67. The number of nitrogens with zero attached hydrogens (tertiary/aromatic N) is 1. The van der Waals surface area contributed by atoms with E-state index in [2.05, 4.69) is 11.5 Å². The van der Waals surface area contributed by atoms with Crippen LogP contribution in [-0.4, -0.2) is 32.7 Å². The Balaban J connectivity index is 0.000000705. The molecule has 0 aromatic heterocycles. The standard InChI is InChI=1S/C15H15NO.CH4N2O.CH2O/c1-16(2)14-11-7-6-10-13(14)15(17)12-8-4-3-5-9-12;2-1(3)4;1-2/h3-11H,1-2H3;(H4,2,3,4);1H2. The van der Waals surface area contributed by atoms with Gasteiger partial charge in [-0.25, -0.2) is 4.79 Å². The van der Waals surface area contributed by atoms with Crippen LogP contribution in [0.5, 0.6) is 0 Å². The first kappa shape index (κ1) is 19.9. The summed E-state index contributed by atoms with van der Waals surface area (Å²) < 4.78 is 0. The maximum atomic E-state index is 12.3. The van der Waals surface area contributed by atoms with Crippen LogP contribution in [0.2, 0.25) is 0 Å². The van der Waals surface area contributed by atoms with Crippen molar-refractivity contribution in [1.82, 2.24) is 0 Å². The zero-order valence-electron chi connectivity index (χ0n) is 13.2. The van der Waals surface area contributed by atoms with Crippen molar-refractivity contribution in [2.45, 2.75) is 0 Å². The normalized spacial score (nSPS) is 8.61. The summed E-state index contributed by atoms with van der Waals surface area (Å²) in [5.74, 6) is 0.0647. The van der Waals surface area contributed by atoms with Crippen LogP contribution < -0.4 is 16.4 Å². The van der Waals surface area contributed by atoms with E-state index in [9.17, 15) is 4.79 Å². The Morgan fingerprint density at radius 3 is 1.78 bits per heavy atom. The number of amides is 2. The summed E-state index contributed by atoms with van der Waals surface area (Å²) in [4.78, 5) is 31.3. The van der Waals surface area contributed by atoms with Crippen LogP contribution in [0, 0.1) is 0 Å².